The zero-order valence-corrected chi connectivity index (χ0v) is 11.4. The summed E-state index contributed by atoms with van der Waals surface area (Å²) in [4.78, 5) is 11.9. The van der Waals surface area contributed by atoms with Crippen molar-refractivity contribution in [3.63, 3.8) is 0 Å². The van der Waals surface area contributed by atoms with Crippen LogP contribution < -0.4 is 0 Å². The van der Waals surface area contributed by atoms with Crippen LogP contribution >= 0.6 is 0 Å². The van der Waals surface area contributed by atoms with Gasteiger partial charge in [-0.2, -0.15) is 0 Å². The summed E-state index contributed by atoms with van der Waals surface area (Å²) in [5.74, 6) is 0.276. The molecule has 0 radical (unpaired) electrons. The second kappa shape index (κ2) is 5.73. The molecule has 0 aromatic rings. The Hall–Kier alpha value is -1.05. The Kier molecular flexibility index (Phi) is 4.26. The molecule has 18 heavy (non-hydrogen) atoms. The molecule has 100 valence electrons. The number of hydrogen-bond acceptors (Lipinski definition) is 2. The minimum atomic E-state index is -0.339. The third kappa shape index (κ3) is 2.85. The average molecular weight is 248 g/mol. The van der Waals surface area contributed by atoms with Gasteiger partial charge in [-0.25, -0.2) is 4.79 Å². The molecule has 0 bridgehead atoms. The normalized spacial score (nSPS) is 28.9. The summed E-state index contributed by atoms with van der Waals surface area (Å²) >= 11 is 0. The molecule has 2 aliphatic carbocycles. The molecule has 1 fully saturated rings. The van der Waals surface area contributed by atoms with E-state index < -0.39 is 0 Å². The number of esters is 1. The van der Waals surface area contributed by atoms with E-state index in [2.05, 4.69) is 18.7 Å². The Morgan fingerprint density at radius 2 is 2.00 bits per heavy atom. The second-order valence-electron chi connectivity index (χ2n) is 5.75. The highest BCUT2D eigenvalue weighted by Crippen LogP contribution is 2.41. The van der Waals surface area contributed by atoms with Crippen molar-refractivity contribution in [3.05, 3.63) is 24.3 Å². The predicted octanol–water partition coefficient (Wildman–Crippen LogP) is 4.16. The van der Waals surface area contributed by atoms with Crippen LogP contribution in [0.4, 0.5) is 0 Å². The summed E-state index contributed by atoms with van der Waals surface area (Å²) in [5, 5.41) is 0. The number of ether oxygens (including phenoxy) is 1. The topological polar surface area (TPSA) is 26.3 Å². The van der Waals surface area contributed by atoms with Crippen molar-refractivity contribution in [2.75, 3.05) is 0 Å². The quantitative estimate of drug-likeness (QED) is 0.426. The fourth-order valence-electron chi connectivity index (χ4n) is 3.22. The number of hydrogen-bond donors (Lipinski definition) is 0. The number of allylic oxidation sites excluding steroid dienone is 1. The largest absolute Gasteiger partial charge is 0.451 e. The average Bonchev–Trinajstić information content (AvgIpc) is 2.40. The molecule has 2 heteroatoms. The molecule has 0 aliphatic heterocycles. The van der Waals surface area contributed by atoms with Gasteiger partial charge in [0.05, 0.1) is 0 Å². The molecule has 0 aromatic carbocycles. The molecule has 2 rings (SSSR count). The lowest BCUT2D eigenvalue weighted by Gasteiger charge is -2.41. The lowest BCUT2D eigenvalue weighted by atomic mass is 9.72. The van der Waals surface area contributed by atoms with E-state index in [0.717, 1.165) is 19.3 Å². The van der Waals surface area contributed by atoms with Crippen LogP contribution in [0, 0.1) is 5.92 Å². The third-order valence-corrected chi connectivity index (χ3v) is 4.27. The smallest absolute Gasteiger partial charge is 0.333 e. The van der Waals surface area contributed by atoms with Gasteiger partial charge in [0.25, 0.3) is 0 Å². The maximum absolute atomic E-state index is 11.9. The molecule has 0 aromatic heterocycles. The van der Waals surface area contributed by atoms with Crippen molar-refractivity contribution < 1.29 is 9.53 Å². The van der Waals surface area contributed by atoms with Crippen molar-refractivity contribution in [2.24, 2.45) is 5.92 Å². The maximum atomic E-state index is 11.9. The van der Waals surface area contributed by atoms with Crippen LogP contribution in [-0.4, -0.2) is 11.6 Å². The zero-order chi connectivity index (χ0) is 13.0. The number of carbonyl (C=O) groups is 1. The molecule has 0 amide bonds. The first kappa shape index (κ1) is 13.4. The molecule has 1 saturated carbocycles. The fourth-order valence-corrected chi connectivity index (χ4v) is 3.22. The summed E-state index contributed by atoms with van der Waals surface area (Å²) in [6, 6.07) is 0. The second-order valence-corrected chi connectivity index (χ2v) is 5.75. The summed E-state index contributed by atoms with van der Waals surface area (Å²) < 4.78 is 5.85. The van der Waals surface area contributed by atoms with Gasteiger partial charge in [0.2, 0.25) is 0 Å². The van der Waals surface area contributed by atoms with E-state index in [9.17, 15) is 4.79 Å². The van der Waals surface area contributed by atoms with Gasteiger partial charge in [-0.1, -0.05) is 31.9 Å². The van der Waals surface area contributed by atoms with Crippen molar-refractivity contribution >= 4 is 5.97 Å². The van der Waals surface area contributed by atoms with Crippen LogP contribution in [0.3, 0.4) is 0 Å². The van der Waals surface area contributed by atoms with Gasteiger partial charge in [-0.3, -0.25) is 0 Å². The van der Waals surface area contributed by atoms with E-state index in [1.807, 2.05) is 0 Å². The van der Waals surface area contributed by atoms with Gasteiger partial charge in [-0.05, 0) is 45.1 Å². The van der Waals surface area contributed by atoms with Crippen LogP contribution in [-0.2, 0) is 9.53 Å². The third-order valence-electron chi connectivity index (χ3n) is 4.27. The van der Waals surface area contributed by atoms with Crippen LogP contribution in [0.2, 0.25) is 0 Å². The lowest BCUT2D eigenvalue weighted by molar-refractivity contribution is -0.157. The summed E-state index contributed by atoms with van der Waals surface area (Å²) in [6.45, 7) is 5.42. The standard InChI is InChI=1S/C16H24O2/c1-13(2)15(17)18-16(11-7-4-8-12-16)14-9-5-3-6-10-14/h7,11,14H,1,3-6,8-10,12H2,2H3. The highest BCUT2D eigenvalue weighted by Gasteiger charge is 2.41. The first-order valence-electron chi connectivity index (χ1n) is 7.20. The Morgan fingerprint density at radius 3 is 2.56 bits per heavy atom. The highest BCUT2D eigenvalue weighted by molar-refractivity contribution is 5.87. The maximum Gasteiger partial charge on any atom is 0.333 e. The lowest BCUT2D eigenvalue weighted by Crippen LogP contribution is -2.43. The van der Waals surface area contributed by atoms with E-state index in [1.165, 1.54) is 32.1 Å². The minimum Gasteiger partial charge on any atom is -0.451 e. The zero-order valence-electron chi connectivity index (χ0n) is 11.4. The minimum absolute atomic E-state index is 0.230. The Labute approximate surface area is 110 Å². The Morgan fingerprint density at radius 1 is 1.28 bits per heavy atom. The van der Waals surface area contributed by atoms with Crippen LogP contribution in [0.5, 0.6) is 0 Å². The molecule has 0 N–H and O–H groups in total. The number of carbonyl (C=O) groups excluding carboxylic acids is 1. The SMILES string of the molecule is C=C(C)C(=O)OC1(C2CCCCC2)C=CCCC1. The van der Waals surface area contributed by atoms with E-state index >= 15 is 0 Å². The highest BCUT2D eigenvalue weighted by atomic mass is 16.6. The summed E-state index contributed by atoms with van der Waals surface area (Å²) in [5.41, 5.74) is 0.165. The van der Waals surface area contributed by atoms with Crippen molar-refractivity contribution in [1.29, 1.82) is 0 Å². The number of rotatable bonds is 3. The molecule has 0 spiro atoms. The van der Waals surface area contributed by atoms with E-state index in [4.69, 9.17) is 4.74 Å². The predicted molar refractivity (Wildman–Crippen MR) is 73.2 cm³/mol. The summed E-state index contributed by atoms with van der Waals surface area (Å²) in [7, 11) is 0. The van der Waals surface area contributed by atoms with E-state index in [0.29, 0.717) is 11.5 Å². The molecule has 2 nitrogen and oxygen atoms in total. The Bertz CT molecular complexity index is 350. The van der Waals surface area contributed by atoms with E-state index in [1.54, 1.807) is 6.92 Å². The van der Waals surface area contributed by atoms with Crippen LogP contribution in [0.15, 0.2) is 24.3 Å². The molecule has 0 heterocycles. The van der Waals surface area contributed by atoms with Gasteiger partial charge >= 0.3 is 5.97 Å². The van der Waals surface area contributed by atoms with Gasteiger partial charge in [0, 0.05) is 11.5 Å². The van der Waals surface area contributed by atoms with Gasteiger partial charge in [-0.15, -0.1) is 0 Å². The first-order chi connectivity index (χ1) is 8.64. The molecule has 1 atom stereocenters. The van der Waals surface area contributed by atoms with Crippen molar-refractivity contribution in [3.8, 4) is 0 Å². The molecule has 1 unspecified atom stereocenters. The fraction of sp³-hybridized carbons (Fsp3) is 0.688. The van der Waals surface area contributed by atoms with Crippen molar-refractivity contribution in [2.45, 2.75) is 63.9 Å². The van der Waals surface area contributed by atoms with Crippen LogP contribution in [0.1, 0.15) is 58.3 Å². The van der Waals surface area contributed by atoms with Gasteiger partial charge in [0.15, 0.2) is 0 Å². The first-order valence-corrected chi connectivity index (χ1v) is 7.20. The summed E-state index contributed by atoms with van der Waals surface area (Å²) in [6.07, 6.45) is 13.8. The Balaban J connectivity index is 2.16. The monoisotopic (exact) mass is 248 g/mol. The molecular weight excluding hydrogens is 224 g/mol. The van der Waals surface area contributed by atoms with Gasteiger partial charge in [0.1, 0.15) is 5.60 Å². The van der Waals surface area contributed by atoms with Crippen molar-refractivity contribution in [1.82, 2.24) is 0 Å². The molecule has 2 aliphatic rings. The van der Waals surface area contributed by atoms with Crippen LogP contribution in [0.25, 0.3) is 0 Å². The van der Waals surface area contributed by atoms with E-state index in [-0.39, 0.29) is 11.6 Å². The molecular formula is C16H24O2. The molecule has 0 saturated heterocycles. The van der Waals surface area contributed by atoms with Gasteiger partial charge < -0.3 is 4.74 Å².